The number of ketones is 1. The molecule has 0 aliphatic carbocycles. The topological polar surface area (TPSA) is 74.7 Å². The third kappa shape index (κ3) is 4.42. The first kappa shape index (κ1) is 20.3. The van der Waals surface area contributed by atoms with Crippen molar-refractivity contribution in [2.75, 3.05) is 25.5 Å². The molecule has 6 nitrogen and oxygen atoms in total. The number of halogens is 1. The number of aromatic nitrogens is 1. The maximum atomic E-state index is 12.8. The molecule has 1 aliphatic rings. The van der Waals surface area contributed by atoms with Crippen LogP contribution in [0.2, 0.25) is 5.02 Å². The molecule has 0 bridgehead atoms. The van der Waals surface area contributed by atoms with E-state index in [2.05, 4.69) is 20.2 Å². The van der Waals surface area contributed by atoms with E-state index in [1.807, 2.05) is 36.7 Å². The number of rotatable bonds is 6. The minimum absolute atomic E-state index is 0.0376. The van der Waals surface area contributed by atoms with Gasteiger partial charge in [0.25, 0.3) is 5.91 Å². The van der Waals surface area contributed by atoms with Crippen molar-refractivity contribution in [2.24, 2.45) is 4.99 Å². The highest BCUT2D eigenvalue weighted by molar-refractivity contribution is 7.10. The number of amides is 1. The van der Waals surface area contributed by atoms with Crippen molar-refractivity contribution in [1.29, 1.82) is 0 Å². The van der Waals surface area contributed by atoms with E-state index in [4.69, 9.17) is 11.6 Å². The number of amidine groups is 1. The lowest BCUT2D eigenvalue weighted by atomic mass is 10.0. The lowest BCUT2D eigenvalue weighted by molar-refractivity contribution is 0.0993. The van der Waals surface area contributed by atoms with Gasteiger partial charge in [0.1, 0.15) is 11.7 Å². The van der Waals surface area contributed by atoms with Crippen molar-refractivity contribution in [3.8, 4) is 0 Å². The minimum Gasteiger partial charge on any atom is -0.358 e. The van der Waals surface area contributed by atoms with Crippen LogP contribution in [0.5, 0.6) is 0 Å². The summed E-state index contributed by atoms with van der Waals surface area (Å²) in [5.74, 6) is 1.01. The molecule has 152 valence electrons. The maximum absolute atomic E-state index is 12.8. The van der Waals surface area contributed by atoms with Gasteiger partial charge in [-0.05, 0) is 23.6 Å². The second-order valence-electron chi connectivity index (χ2n) is 6.88. The van der Waals surface area contributed by atoms with Crippen LogP contribution in [-0.2, 0) is 6.42 Å². The Labute approximate surface area is 183 Å². The number of hydrogen-bond donors (Lipinski definition) is 1. The fourth-order valence-electron chi connectivity index (χ4n) is 3.21. The van der Waals surface area contributed by atoms with Gasteiger partial charge < -0.3 is 10.2 Å². The summed E-state index contributed by atoms with van der Waals surface area (Å²) in [6, 6.07) is 12.5. The average Bonchev–Trinajstić information content (AvgIpc) is 3.38. The number of anilines is 1. The van der Waals surface area contributed by atoms with E-state index in [1.54, 1.807) is 18.2 Å². The molecule has 0 spiro atoms. The van der Waals surface area contributed by atoms with Crippen molar-refractivity contribution in [3.05, 3.63) is 80.6 Å². The molecule has 1 aromatic carbocycles. The second kappa shape index (κ2) is 8.77. The van der Waals surface area contributed by atoms with Gasteiger partial charge >= 0.3 is 0 Å². The molecule has 0 saturated heterocycles. The molecule has 1 N–H and O–H groups in total. The number of hydrogen-bond acceptors (Lipinski definition) is 6. The summed E-state index contributed by atoms with van der Waals surface area (Å²) in [6.45, 7) is 1.70. The van der Waals surface area contributed by atoms with Crippen molar-refractivity contribution < 1.29 is 9.59 Å². The summed E-state index contributed by atoms with van der Waals surface area (Å²) >= 11 is 7.21. The molecule has 4 rings (SSSR count). The van der Waals surface area contributed by atoms with Gasteiger partial charge in [-0.25, -0.2) is 4.98 Å². The number of Topliss-reactive ketones (excluding diaryl/α,β-unsaturated/α-hetero) is 1. The van der Waals surface area contributed by atoms with Crippen LogP contribution in [-0.4, -0.2) is 47.5 Å². The van der Waals surface area contributed by atoms with Crippen LogP contribution in [0.3, 0.4) is 0 Å². The normalized spacial score (nSPS) is 13.3. The number of benzene rings is 1. The highest BCUT2D eigenvalue weighted by atomic mass is 35.5. The van der Waals surface area contributed by atoms with Crippen molar-refractivity contribution in [1.82, 2.24) is 9.88 Å². The van der Waals surface area contributed by atoms with Crippen LogP contribution in [0.1, 0.15) is 31.2 Å². The Morgan fingerprint density at radius 3 is 2.63 bits per heavy atom. The first-order valence-electron chi connectivity index (χ1n) is 9.40. The zero-order valence-corrected chi connectivity index (χ0v) is 17.8. The van der Waals surface area contributed by atoms with Crippen LogP contribution in [0, 0.1) is 0 Å². The van der Waals surface area contributed by atoms with Gasteiger partial charge in [0.2, 0.25) is 0 Å². The molecule has 1 amide bonds. The summed E-state index contributed by atoms with van der Waals surface area (Å²) in [4.78, 5) is 36.8. The Morgan fingerprint density at radius 1 is 1.17 bits per heavy atom. The Hall–Kier alpha value is -3.03. The summed E-state index contributed by atoms with van der Waals surface area (Å²) in [7, 11) is 2.01. The van der Waals surface area contributed by atoms with Crippen LogP contribution >= 0.6 is 22.9 Å². The summed E-state index contributed by atoms with van der Waals surface area (Å²) in [5, 5.41) is 5.04. The second-order valence-corrected chi connectivity index (χ2v) is 8.31. The van der Waals surface area contributed by atoms with Gasteiger partial charge in [-0.2, -0.15) is 0 Å². The number of pyridine rings is 1. The van der Waals surface area contributed by atoms with Gasteiger partial charge in [-0.1, -0.05) is 35.9 Å². The predicted molar refractivity (Wildman–Crippen MR) is 120 cm³/mol. The van der Waals surface area contributed by atoms with Crippen molar-refractivity contribution >= 4 is 46.3 Å². The Morgan fingerprint density at radius 2 is 1.97 bits per heavy atom. The van der Waals surface area contributed by atoms with E-state index in [9.17, 15) is 9.59 Å². The van der Waals surface area contributed by atoms with Gasteiger partial charge in [-0.3, -0.25) is 14.6 Å². The lowest BCUT2D eigenvalue weighted by Crippen LogP contribution is -2.23. The number of thiophene rings is 1. The number of aliphatic imine (C=N–C) groups is 1. The molecule has 0 atom stereocenters. The molecule has 1 aliphatic heterocycles. The summed E-state index contributed by atoms with van der Waals surface area (Å²) in [5.41, 5.74) is 2.08. The first-order valence-corrected chi connectivity index (χ1v) is 10.7. The quantitative estimate of drug-likeness (QED) is 0.586. The zero-order valence-electron chi connectivity index (χ0n) is 16.3. The number of carbonyl (C=O) groups excluding carboxylic acids is 2. The summed E-state index contributed by atoms with van der Waals surface area (Å²) in [6.07, 6.45) is 1.63. The van der Waals surface area contributed by atoms with E-state index >= 15 is 0 Å². The molecule has 0 radical (unpaired) electrons. The van der Waals surface area contributed by atoms with Crippen LogP contribution in [0.15, 0.2) is 59.0 Å². The smallest absolute Gasteiger partial charge is 0.257 e. The zero-order chi connectivity index (χ0) is 21.1. The first-order chi connectivity index (χ1) is 14.5. The summed E-state index contributed by atoms with van der Waals surface area (Å²) < 4.78 is 0. The van der Waals surface area contributed by atoms with Gasteiger partial charge in [0, 0.05) is 42.2 Å². The third-order valence-electron chi connectivity index (χ3n) is 4.80. The fourth-order valence-corrected chi connectivity index (χ4v) is 4.19. The minimum atomic E-state index is -0.300. The van der Waals surface area contributed by atoms with Gasteiger partial charge in [0.05, 0.1) is 17.1 Å². The van der Waals surface area contributed by atoms with Crippen molar-refractivity contribution in [2.45, 2.75) is 6.42 Å². The van der Waals surface area contributed by atoms with Crippen LogP contribution in [0.4, 0.5) is 5.82 Å². The highest BCUT2D eigenvalue weighted by Crippen LogP contribution is 2.21. The van der Waals surface area contributed by atoms with E-state index in [0.29, 0.717) is 22.0 Å². The molecule has 0 saturated carbocycles. The number of nitrogens with one attached hydrogen (secondary N) is 1. The fraction of sp³-hybridized carbons (Fsp3) is 0.182. The molecular formula is C22H19ClN4O2S. The van der Waals surface area contributed by atoms with Gasteiger partial charge in [0.15, 0.2) is 5.78 Å². The molecule has 2 aromatic heterocycles. The van der Waals surface area contributed by atoms with E-state index in [0.717, 1.165) is 29.4 Å². The van der Waals surface area contributed by atoms with Gasteiger partial charge in [-0.15, -0.1) is 11.3 Å². The van der Waals surface area contributed by atoms with Crippen LogP contribution in [0.25, 0.3) is 0 Å². The average molecular weight is 439 g/mol. The molecule has 3 aromatic rings. The number of nitrogens with zero attached hydrogens (tertiary/aromatic N) is 3. The largest absolute Gasteiger partial charge is 0.358 e. The van der Waals surface area contributed by atoms with Crippen molar-refractivity contribution in [3.63, 3.8) is 0 Å². The number of likely N-dealkylation sites (N-methyl/N-ethyl adjacent to an activating group) is 1. The SMILES string of the molecule is CN1CCN=C1c1ccc(C(=O)Cc2sccc2C(=O)Nc2ccc(Cl)cn2)cc1. The third-order valence-corrected chi connectivity index (χ3v) is 5.95. The van der Waals surface area contributed by atoms with Crippen LogP contribution < -0.4 is 5.32 Å². The number of carbonyl (C=O) groups is 2. The Balaban J connectivity index is 1.45. The maximum Gasteiger partial charge on any atom is 0.257 e. The molecule has 3 heterocycles. The molecule has 30 heavy (non-hydrogen) atoms. The molecule has 0 unspecified atom stereocenters. The molecular weight excluding hydrogens is 420 g/mol. The monoisotopic (exact) mass is 438 g/mol. The Bertz CT molecular complexity index is 1110. The van der Waals surface area contributed by atoms with E-state index in [1.165, 1.54) is 17.5 Å². The molecule has 8 heteroatoms. The Kier molecular flexibility index (Phi) is 5.92. The van der Waals surface area contributed by atoms with E-state index in [-0.39, 0.29) is 18.1 Å². The highest BCUT2D eigenvalue weighted by Gasteiger charge is 2.18. The van der Waals surface area contributed by atoms with E-state index < -0.39 is 0 Å². The predicted octanol–water partition coefficient (Wildman–Crippen LogP) is 4.17. The molecule has 0 fully saturated rings. The standard InChI is InChI=1S/C22H19ClN4O2S/c1-27-10-9-24-21(27)15-4-2-14(3-5-15)18(28)12-19-17(8-11-30-19)22(29)26-20-7-6-16(23)13-25-20/h2-8,11,13H,9-10,12H2,1H3,(H,25,26,29). The lowest BCUT2D eigenvalue weighted by Gasteiger charge is -2.13.